The number of aryl methyl sites for hydroxylation is 1. The van der Waals surface area contributed by atoms with E-state index in [-0.39, 0.29) is 10.8 Å². The van der Waals surface area contributed by atoms with Crippen LogP contribution in [-0.4, -0.2) is 3.76 Å². The maximum Gasteiger partial charge on any atom is -0.0132 e. The Morgan fingerprint density at radius 1 is 0.617 bits per heavy atom. The van der Waals surface area contributed by atoms with Crippen molar-refractivity contribution in [3.63, 3.8) is 0 Å². The minimum Gasteiger partial charge on any atom is -0.165 e. The summed E-state index contributed by atoms with van der Waals surface area (Å²) in [5.41, 5.74) is 11.2. The van der Waals surface area contributed by atoms with Crippen LogP contribution in [0, 0.1) is 6.92 Å². The van der Waals surface area contributed by atoms with Crippen molar-refractivity contribution in [1.82, 2.24) is 0 Å². The molecule has 0 radical (unpaired) electrons. The first-order chi connectivity index (χ1) is 22.1. The molecular formula is C44H50Cl2Hf-2. The van der Waals surface area contributed by atoms with E-state index in [1.165, 1.54) is 66.1 Å². The van der Waals surface area contributed by atoms with Gasteiger partial charge in [0.05, 0.1) is 0 Å². The summed E-state index contributed by atoms with van der Waals surface area (Å²) in [6.07, 6.45) is 0. The molecule has 0 aliphatic heterocycles. The molecule has 3 heteroatoms. The summed E-state index contributed by atoms with van der Waals surface area (Å²) in [5, 5.41) is 5.41. The van der Waals surface area contributed by atoms with Crippen molar-refractivity contribution in [2.45, 2.75) is 86.0 Å². The number of hydrogen-bond donors (Lipinski definition) is 0. The monoisotopic (exact) mass is 828 g/mol. The third-order valence-corrected chi connectivity index (χ3v) is 13.8. The third kappa shape index (κ3) is 9.75. The SMILES string of the molecule is CC(C)c1cc2c(-c3ccc(C(C)(C)C)cc3)cccc2[cH-]1.C[CH]=[Hf]([Cl])[Cl].Cc1cc2c(-c3ccc(C(C)(C)C)cc3)cccc2[cH-]1. The molecule has 0 amide bonds. The van der Waals surface area contributed by atoms with Gasteiger partial charge in [-0.3, -0.25) is 0 Å². The minimum atomic E-state index is -1.88. The summed E-state index contributed by atoms with van der Waals surface area (Å²) >= 11 is -1.88. The van der Waals surface area contributed by atoms with Gasteiger partial charge in [-0.2, -0.15) is 12.1 Å². The van der Waals surface area contributed by atoms with Gasteiger partial charge in [-0.25, -0.2) is 0 Å². The molecule has 0 unspecified atom stereocenters. The molecule has 0 saturated heterocycles. The smallest absolute Gasteiger partial charge is 0.0132 e. The normalized spacial score (nSPS) is 11.6. The van der Waals surface area contributed by atoms with Gasteiger partial charge in [0.2, 0.25) is 0 Å². The molecule has 0 fully saturated rings. The number of fused-ring (bicyclic) bond motifs is 2. The molecule has 0 N–H and O–H groups in total. The molecule has 0 spiro atoms. The first-order valence-electron chi connectivity index (χ1n) is 16.6. The maximum atomic E-state index is 5.39. The molecule has 6 aromatic rings. The molecule has 6 rings (SSSR count). The topological polar surface area (TPSA) is 0 Å². The van der Waals surface area contributed by atoms with E-state index in [4.69, 9.17) is 17.2 Å². The molecular weight excluding hydrogens is 778 g/mol. The van der Waals surface area contributed by atoms with Crippen molar-refractivity contribution in [3.8, 4) is 22.3 Å². The van der Waals surface area contributed by atoms with E-state index in [0.717, 1.165) is 0 Å². The zero-order valence-corrected chi connectivity index (χ0v) is 34.9. The fraction of sp³-hybridized carbons (Fsp3) is 0.295. The Hall–Kier alpha value is -2.58. The van der Waals surface area contributed by atoms with E-state index in [2.05, 4.69) is 172 Å². The van der Waals surface area contributed by atoms with E-state index < -0.39 is 18.6 Å². The van der Waals surface area contributed by atoms with E-state index in [1.807, 2.05) is 10.7 Å². The second-order valence-electron chi connectivity index (χ2n) is 14.8. The molecule has 0 aliphatic carbocycles. The largest absolute Gasteiger partial charge is 0.165 e. The second kappa shape index (κ2) is 15.8. The van der Waals surface area contributed by atoms with Crippen LogP contribution < -0.4 is 0 Å². The summed E-state index contributed by atoms with van der Waals surface area (Å²) in [4.78, 5) is 0. The van der Waals surface area contributed by atoms with Crippen LogP contribution in [-0.2, 0) is 29.4 Å². The van der Waals surface area contributed by atoms with Crippen molar-refractivity contribution >= 4 is 42.5 Å². The Morgan fingerprint density at radius 2 is 1.02 bits per heavy atom. The minimum absolute atomic E-state index is 0.204. The van der Waals surface area contributed by atoms with Gasteiger partial charge in [0.1, 0.15) is 0 Å². The zero-order chi connectivity index (χ0) is 34.5. The van der Waals surface area contributed by atoms with Crippen molar-refractivity contribution < 1.29 is 18.6 Å². The first kappa shape index (κ1) is 37.2. The Balaban J connectivity index is 0.000000187. The van der Waals surface area contributed by atoms with Crippen molar-refractivity contribution in [3.05, 3.63) is 131 Å². The maximum absolute atomic E-state index is 5.39. The van der Waals surface area contributed by atoms with Crippen LogP contribution in [0.2, 0.25) is 0 Å². The van der Waals surface area contributed by atoms with Gasteiger partial charge in [-0.15, -0.1) is 69.1 Å². The molecule has 6 aromatic carbocycles. The fourth-order valence-corrected chi connectivity index (χ4v) is 5.78. The van der Waals surface area contributed by atoms with Crippen molar-refractivity contribution in [2.24, 2.45) is 0 Å². The molecule has 246 valence electrons. The Labute approximate surface area is 298 Å². The fourth-order valence-electron chi connectivity index (χ4n) is 5.78. The average Bonchev–Trinajstić information content (AvgIpc) is 3.64. The van der Waals surface area contributed by atoms with Crippen molar-refractivity contribution in [1.29, 1.82) is 0 Å². The Morgan fingerprint density at radius 3 is 1.40 bits per heavy atom. The molecule has 47 heavy (non-hydrogen) atoms. The van der Waals surface area contributed by atoms with E-state index >= 15 is 0 Å². The summed E-state index contributed by atoms with van der Waals surface area (Å²) in [6.45, 7) is 22.1. The number of hydrogen-bond acceptors (Lipinski definition) is 0. The van der Waals surface area contributed by atoms with Gasteiger partial charge in [-0.1, -0.05) is 134 Å². The van der Waals surface area contributed by atoms with Crippen LogP contribution in [0.25, 0.3) is 43.8 Å². The second-order valence-corrected chi connectivity index (χ2v) is 27.2. The molecule has 0 bridgehead atoms. The summed E-state index contributed by atoms with van der Waals surface area (Å²) in [6, 6.07) is 40.4. The summed E-state index contributed by atoms with van der Waals surface area (Å²) < 4.78 is 1.91. The summed E-state index contributed by atoms with van der Waals surface area (Å²) in [5.74, 6) is 0.573. The van der Waals surface area contributed by atoms with Crippen LogP contribution >= 0.6 is 17.2 Å². The standard InChI is InChI=1S/C22H25.C20H21.C2H4.2ClH.Hf/c1-15(2)18-13-17-7-6-8-20(21(17)14-18)16-9-11-19(12-10-16)22(3,4)5;1-14-12-16-6-5-7-18(19(16)13-14)15-8-10-17(11-9-15)20(2,3)4;1-2;;;/h6-15H,1-5H3;5-13H,1-4H3;1H,2H3;2*1H;/q2*-1;;;;+2/p-2. The number of rotatable bonds is 3. The van der Waals surface area contributed by atoms with Crippen LogP contribution in [0.3, 0.4) is 0 Å². The van der Waals surface area contributed by atoms with Crippen LogP contribution in [0.4, 0.5) is 0 Å². The van der Waals surface area contributed by atoms with Crippen LogP contribution in [0.1, 0.15) is 90.5 Å². The quantitative estimate of drug-likeness (QED) is 0.123. The Bertz CT molecular complexity index is 1930. The predicted molar refractivity (Wildman–Crippen MR) is 210 cm³/mol. The van der Waals surface area contributed by atoms with Gasteiger partial charge in [0.15, 0.2) is 0 Å². The van der Waals surface area contributed by atoms with Crippen LogP contribution in [0.15, 0.2) is 109 Å². The number of benzene rings is 4. The average molecular weight is 828 g/mol. The first-order valence-corrected chi connectivity index (χ1v) is 27.6. The molecule has 0 saturated carbocycles. The van der Waals surface area contributed by atoms with Gasteiger partial charge < -0.3 is 0 Å². The molecule has 0 aromatic heterocycles. The molecule has 0 heterocycles. The predicted octanol–water partition coefficient (Wildman–Crippen LogP) is 14.2. The number of halogens is 2. The summed E-state index contributed by atoms with van der Waals surface area (Å²) in [7, 11) is 10.8. The van der Waals surface area contributed by atoms with Gasteiger partial charge >= 0.3 is 46.4 Å². The molecule has 0 atom stereocenters. The van der Waals surface area contributed by atoms with Crippen LogP contribution in [0.5, 0.6) is 0 Å². The van der Waals surface area contributed by atoms with Gasteiger partial charge in [0, 0.05) is 0 Å². The van der Waals surface area contributed by atoms with Crippen molar-refractivity contribution in [2.75, 3.05) is 0 Å². The van der Waals surface area contributed by atoms with Gasteiger partial charge in [-0.05, 0) is 39.0 Å². The Kier molecular flexibility index (Phi) is 12.5. The molecule has 0 nitrogen and oxygen atoms in total. The van der Waals surface area contributed by atoms with E-state index in [9.17, 15) is 0 Å². The molecule has 0 aliphatic rings. The van der Waals surface area contributed by atoms with E-state index in [0.29, 0.717) is 5.92 Å². The van der Waals surface area contributed by atoms with E-state index in [1.54, 1.807) is 0 Å². The van der Waals surface area contributed by atoms with Gasteiger partial charge in [0.25, 0.3) is 0 Å². The zero-order valence-electron chi connectivity index (χ0n) is 29.8. The third-order valence-electron chi connectivity index (χ3n) is 8.68.